The highest BCUT2D eigenvalue weighted by Crippen LogP contribution is 2.42. The quantitative estimate of drug-likeness (QED) is 0.0840. The molecule has 82 heavy (non-hydrogen) atoms. The molecule has 2 nitrogen and oxygen atoms in total. The van der Waals surface area contributed by atoms with Gasteiger partial charge in [0.25, 0.3) is 0 Å². The minimum Gasteiger partial charge on any atom is -0.402 e. The molecule has 8 rings (SSSR count). The topological polar surface area (TPSA) is 13.1 Å². The van der Waals surface area contributed by atoms with Crippen LogP contribution in [-0.2, 0) is 56.0 Å². The smallest absolute Gasteiger partial charge is 0.402 e. The highest BCUT2D eigenvalue weighted by Gasteiger charge is 2.47. The van der Waals surface area contributed by atoms with Crippen LogP contribution in [0.25, 0.3) is 10.8 Å². The van der Waals surface area contributed by atoms with Crippen LogP contribution in [-0.4, -0.2) is 6.15 Å². The number of ether oxygens (including phenoxy) is 1. The number of rotatable bonds is 8. The Morgan fingerprint density at radius 3 is 0.939 bits per heavy atom. The largest absolute Gasteiger partial charge is 0.416 e. The number of para-hydroxylation sites is 1. The Kier molecular flexibility index (Phi) is 16.4. The molecule has 0 N–H and O–H groups in total. The third-order valence-corrected chi connectivity index (χ3v) is 12.6. The Balaban J connectivity index is 0.000000318. The van der Waals surface area contributed by atoms with Gasteiger partial charge in [-0.3, -0.25) is 0 Å². The molecule has 0 aliphatic heterocycles. The number of fused-ring (bicyclic) bond motifs is 1. The molecule has 28 heteroatoms. The van der Waals surface area contributed by atoms with Crippen molar-refractivity contribution in [1.82, 2.24) is 0 Å². The SMILES string of the molecule is FC(F)(F)c1cc([B-](c2cc(C(F)(F)F)cc(C(F)(F)F)c2)(c2cc(C(F)(F)F)cc(C(F)(F)F)c2)c2cc(C(F)(F)F)cc(C(F)(F)F)c2)cc(C(F)(F)F)c1.Fc1ccccc1Oc1c2ccccc2cc[n+]1Cc1ccccc1. The molecule has 434 valence electrons. The molecule has 0 bridgehead atoms. The summed E-state index contributed by atoms with van der Waals surface area (Å²) in [4.78, 5) is 0. The van der Waals surface area contributed by atoms with Crippen LogP contribution in [0.2, 0.25) is 0 Å². The van der Waals surface area contributed by atoms with Crippen LogP contribution in [0.15, 0.2) is 164 Å². The number of alkyl halides is 24. The molecular weight excluding hydrogens is 1160 g/mol. The number of halogens is 25. The maximum atomic E-state index is 14.2. The van der Waals surface area contributed by atoms with Crippen LogP contribution < -0.4 is 31.2 Å². The Morgan fingerprint density at radius 2 is 0.622 bits per heavy atom. The lowest BCUT2D eigenvalue weighted by atomic mass is 9.12. The van der Waals surface area contributed by atoms with Gasteiger partial charge < -0.3 is 4.74 Å². The number of hydrogen-bond donors (Lipinski definition) is 0. The van der Waals surface area contributed by atoms with Crippen molar-refractivity contribution in [1.29, 1.82) is 0 Å². The predicted octanol–water partition coefficient (Wildman–Crippen LogP) is 16.3. The minimum atomic E-state index is -6.13. The van der Waals surface area contributed by atoms with E-state index in [0.29, 0.717) is 12.4 Å². The third-order valence-electron chi connectivity index (χ3n) is 12.6. The molecule has 8 aromatic rings. The monoisotopic (exact) mass is 1190 g/mol. The van der Waals surface area contributed by atoms with E-state index < -0.39 is 195 Å². The van der Waals surface area contributed by atoms with E-state index >= 15 is 0 Å². The van der Waals surface area contributed by atoms with E-state index in [9.17, 15) is 110 Å². The van der Waals surface area contributed by atoms with Gasteiger partial charge in [-0.15, -0.1) is 0 Å². The molecule has 0 unspecified atom stereocenters. The summed E-state index contributed by atoms with van der Waals surface area (Å²) in [5, 5.41) is 2.00. The molecule has 0 spiro atoms. The zero-order chi connectivity index (χ0) is 61.0. The number of aromatic nitrogens is 1. The Labute approximate surface area is 444 Å². The van der Waals surface area contributed by atoms with Crippen molar-refractivity contribution < 1.29 is 119 Å². The molecule has 0 aliphatic carbocycles. The van der Waals surface area contributed by atoms with Crippen LogP contribution in [0.4, 0.5) is 110 Å². The van der Waals surface area contributed by atoms with Crippen LogP contribution in [0.1, 0.15) is 50.1 Å². The molecule has 0 atom stereocenters. The molecule has 1 aromatic heterocycles. The van der Waals surface area contributed by atoms with Gasteiger partial charge in [0.15, 0.2) is 24.3 Å². The zero-order valence-electron chi connectivity index (χ0n) is 40.2. The molecule has 1 heterocycles. The Morgan fingerprint density at radius 1 is 0.329 bits per heavy atom. The first-order chi connectivity index (χ1) is 37.6. The lowest BCUT2D eigenvalue weighted by Gasteiger charge is -2.46. The average Bonchev–Trinajstić information content (AvgIpc) is 1.95. The highest BCUT2D eigenvalue weighted by molar-refractivity contribution is 7.20. The van der Waals surface area contributed by atoms with E-state index in [4.69, 9.17) is 4.74 Å². The Bertz CT molecular complexity index is 3170. The van der Waals surface area contributed by atoms with Crippen LogP contribution in [0.3, 0.4) is 0 Å². The maximum Gasteiger partial charge on any atom is 0.416 e. The summed E-state index contributed by atoms with van der Waals surface area (Å²) in [6.07, 6.45) is -52.8. The normalized spacial score (nSPS) is 13.2. The zero-order valence-corrected chi connectivity index (χ0v) is 40.2. The van der Waals surface area contributed by atoms with E-state index in [2.05, 4.69) is 12.1 Å². The first-order valence-electron chi connectivity index (χ1n) is 22.8. The van der Waals surface area contributed by atoms with E-state index in [-0.39, 0.29) is 11.6 Å². The van der Waals surface area contributed by atoms with Gasteiger partial charge in [0.05, 0.1) is 49.9 Å². The second kappa shape index (κ2) is 21.8. The number of pyridine rings is 1. The van der Waals surface area contributed by atoms with E-state index in [0.717, 1.165) is 16.3 Å². The summed E-state index contributed by atoms with van der Waals surface area (Å²) < 4.78 is 363. The summed E-state index contributed by atoms with van der Waals surface area (Å²) >= 11 is 0. The first kappa shape index (κ1) is 61.7. The van der Waals surface area contributed by atoms with Gasteiger partial charge in [0.1, 0.15) is 6.15 Å². The summed E-state index contributed by atoms with van der Waals surface area (Å²) in [6.45, 7) is 0.648. The fourth-order valence-corrected chi connectivity index (χ4v) is 8.95. The van der Waals surface area contributed by atoms with Crippen molar-refractivity contribution in [2.24, 2.45) is 0 Å². The van der Waals surface area contributed by atoms with E-state index in [1.54, 1.807) is 18.2 Å². The molecule has 0 amide bonds. The van der Waals surface area contributed by atoms with Crippen LogP contribution >= 0.6 is 0 Å². The molecule has 7 aromatic carbocycles. The first-order valence-corrected chi connectivity index (χ1v) is 22.8. The molecule has 0 saturated heterocycles. The third kappa shape index (κ3) is 13.7. The van der Waals surface area contributed by atoms with Gasteiger partial charge >= 0.3 is 55.3 Å². The van der Waals surface area contributed by atoms with Crippen molar-refractivity contribution in [3.05, 3.63) is 220 Å². The van der Waals surface area contributed by atoms with Crippen molar-refractivity contribution in [3.63, 3.8) is 0 Å². The van der Waals surface area contributed by atoms with Gasteiger partial charge in [0.2, 0.25) is 0 Å². The van der Waals surface area contributed by atoms with Crippen molar-refractivity contribution in [2.75, 3.05) is 0 Å². The number of benzene rings is 7. The van der Waals surface area contributed by atoms with Crippen molar-refractivity contribution in [3.8, 4) is 11.6 Å². The predicted molar refractivity (Wildman–Crippen MR) is 246 cm³/mol. The standard InChI is InChI=1S/C32H12BF24.C22H17FNO/c34-25(35,36)13-1-14(26(37,38)39)6-21(5-13)33(22-7-15(27(40,41)42)2-16(8-22)28(43,44)45,23-9-17(29(46,47)48)3-18(10-23)30(49,50)51)24-11-19(31(52,53)54)4-20(12-24)32(55,56)57;23-20-12-6-7-13-21(20)25-22-19-11-5-4-10-18(19)14-15-24(22)16-17-8-2-1-3-9-17/h1-12H;1-15H,16H2/q-1;+1. The lowest BCUT2D eigenvalue weighted by Crippen LogP contribution is -2.75. The van der Waals surface area contributed by atoms with Gasteiger partial charge in [-0.05, 0) is 47.9 Å². The van der Waals surface area contributed by atoms with E-state index in [1.165, 1.54) is 6.07 Å². The fraction of sp³-hybridized carbons (Fsp3) is 0.167. The summed E-state index contributed by atoms with van der Waals surface area (Å²) in [5.74, 6) is 0.481. The molecule has 0 fully saturated rings. The Hall–Kier alpha value is -7.94. The summed E-state index contributed by atoms with van der Waals surface area (Å²) in [7, 11) is 0. The summed E-state index contributed by atoms with van der Waals surface area (Å²) in [5.41, 5.74) is -29.1. The second-order valence-electron chi connectivity index (χ2n) is 18.1. The maximum absolute atomic E-state index is 14.2. The fourth-order valence-electron chi connectivity index (χ4n) is 8.95. The molecule has 0 radical (unpaired) electrons. The van der Waals surface area contributed by atoms with Gasteiger partial charge in [-0.25, -0.2) is 4.39 Å². The molecule has 0 aliphatic rings. The van der Waals surface area contributed by atoms with Gasteiger partial charge in [-0.2, -0.15) is 132 Å². The molecular formula is C54H29BF25NO. The summed E-state index contributed by atoms with van der Waals surface area (Å²) in [6, 6.07) is 17.8. The highest BCUT2D eigenvalue weighted by atomic mass is 19.4. The lowest BCUT2D eigenvalue weighted by molar-refractivity contribution is -0.691. The average molecular weight is 1190 g/mol. The number of nitrogens with zero attached hydrogens (tertiary/aromatic N) is 1. The van der Waals surface area contributed by atoms with Crippen LogP contribution in [0, 0.1) is 5.82 Å². The van der Waals surface area contributed by atoms with Crippen LogP contribution in [0.5, 0.6) is 11.6 Å². The minimum absolute atomic E-state index is 0.223. The van der Waals surface area contributed by atoms with E-state index in [1.807, 2.05) is 59.3 Å². The molecule has 0 saturated carbocycles. The van der Waals surface area contributed by atoms with Gasteiger partial charge in [0, 0.05) is 11.6 Å². The number of hydrogen-bond acceptors (Lipinski definition) is 1. The van der Waals surface area contributed by atoms with Crippen molar-refractivity contribution >= 4 is 38.8 Å². The van der Waals surface area contributed by atoms with Gasteiger partial charge in [-0.1, -0.05) is 109 Å². The van der Waals surface area contributed by atoms with Crippen molar-refractivity contribution in [2.45, 2.75) is 56.0 Å². The second-order valence-corrected chi connectivity index (χ2v) is 18.1.